The molecule has 2 rings (SSSR count). The molecule has 0 unspecified atom stereocenters. The number of hydrogen-bond donors (Lipinski definition) is 2. The van der Waals surface area contributed by atoms with Crippen LogP contribution in [-0.4, -0.2) is 22.2 Å². The summed E-state index contributed by atoms with van der Waals surface area (Å²) in [6.07, 6.45) is 0. The zero-order valence-electron chi connectivity index (χ0n) is 7.29. The molecule has 0 amide bonds. The van der Waals surface area contributed by atoms with Gasteiger partial charge in [-0.05, 0) is 5.46 Å². The number of thiazole rings is 1. The van der Waals surface area contributed by atoms with Gasteiger partial charge in [0.05, 0.1) is 11.2 Å². The van der Waals surface area contributed by atoms with Crippen LogP contribution in [0.4, 0.5) is 0 Å². The molecule has 70 valence electrons. The van der Waals surface area contributed by atoms with Gasteiger partial charge in [0, 0.05) is 10.9 Å². The molecule has 2 aromatic rings. The first kappa shape index (κ1) is 9.39. The fraction of sp³-hybridized carbons (Fsp3) is 0. The summed E-state index contributed by atoms with van der Waals surface area (Å²) in [4.78, 5) is 4.14. The third-order valence-corrected chi connectivity index (χ3v) is 2.50. The van der Waals surface area contributed by atoms with Crippen molar-refractivity contribution in [3.63, 3.8) is 0 Å². The lowest BCUT2D eigenvalue weighted by Crippen LogP contribution is -2.29. The van der Waals surface area contributed by atoms with Gasteiger partial charge in [0.25, 0.3) is 0 Å². The molecule has 2 N–H and O–H groups in total. The van der Waals surface area contributed by atoms with Crippen molar-refractivity contribution in [1.29, 1.82) is 0 Å². The summed E-state index contributed by atoms with van der Waals surface area (Å²) in [5.41, 5.74) is 3.99. The van der Waals surface area contributed by atoms with E-state index in [1.54, 1.807) is 23.7 Å². The average molecular weight is 205 g/mol. The number of benzene rings is 1. The fourth-order valence-electron chi connectivity index (χ4n) is 1.21. The molecular formula is C9H8BNO2S. The zero-order chi connectivity index (χ0) is 9.97. The van der Waals surface area contributed by atoms with Crippen LogP contribution in [0.1, 0.15) is 0 Å². The van der Waals surface area contributed by atoms with E-state index >= 15 is 0 Å². The van der Waals surface area contributed by atoms with Crippen LogP contribution >= 0.6 is 11.3 Å². The summed E-state index contributed by atoms with van der Waals surface area (Å²) in [5, 5.41) is 19.9. The molecule has 1 aromatic carbocycles. The predicted molar refractivity (Wildman–Crippen MR) is 57.4 cm³/mol. The highest BCUT2D eigenvalue weighted by molar-refractivity contribution is 7.07. The maximum Gasteiger partial charge on any atom is 0.488 e. The van der Waals surface area contributed by atoms with E-state index in [1.165, 1.54) is 11.3 Å². The molecule has 0 spiro atoms. The van der Waals surface area contributed by atoms with Crippen molar-refractivity contribution in [2.24, 2.45) is 0 Å². The van der Waals surface area contributed by atoms with Gasteiger partial charge in [-0.3, -0.25) is 0 Å². The van der Waals surface area contributed by atoms with Crippen LogP contribution in [0.5, 0.6) is 0 Å². The summed E-state index contributed by atoms with van der Waals surface area (Å²) < 4.78 is 0. The summed E-state index contributed by atoms with van der Waals surface area (Å²) in [6, 6.07) is 7.06. The molecule has 0 aliphatic carbocycles. The van der Waals surface area contributed by atoms with Crippen LogP contribution in [0.25, 0.3) is 11.3 Å². The SMILES string of the molecule is OB(O)c1cccc(-c2cscn2)c1. The van der Waals surface area contributed by atoms with Gasteiger partial charge < -0.3 is 10.0 Å². The third kappa shape index (κ3) is 1.84. The monoisotopic (exact) mass is 205 g/mol. The standard InChI is InChI=1S/C9H8BNO2S/c12-10(13)8-3-1-2-7(4-8)9-5-14-6-11-9/h1-6,12-13H. The molecule has 14 heavy (non-hydrogen) atoms. The quantitative estimate of drug-likeness (QED) is 0.701. The van der Waals surface area contributed by atoms with Crippen molar-refractivity contribution < 1.29 is 10.0 Å². The van der Waals surface area contributed by atoms with Gasteiger partial charge in [0.1, 0.15) is 0 Å². The highest BCUT2D eigenvalue weighted by Gasteiger charge is 2.11. The van der Waals surface area contributed by atoms with Crippen LogP contribution in [0.3, 0.4) is 0 Å². The van der Waals surface area contributed by atoms with Gasteiger partial charge in [0.15, 0.2) is 0 Å². The van der Waals surface area contributed by atoms with Crippen LogP contribution in [0, 0.1) is 0 Å². The fourth-order valence-corrected chi connectivity index (χ4v) is 1.77. The van der Waals surface area contributed by atoms with Crippen molar-refractivity contribution in [2.75, 3.05) is 0 Å². The van der Waals surface area contributed by atoms with Crippen LogP contribution in [0.2, 0.25) is 0 Å². The Morgan fingerprint density at radius 2 is 2.14 bits per heavy atom. The lowest BCUT2D eigenvalue weighted by molar-refractivity contribution is 0.426. The van der Waals surface area contributed by atoms with E-state index in [-0.39, 0.29) is 0 Å². The first-order valence-corrected chi connectivity index (χ1v) is 5.06. The van der Waals surface area contributed by atoms with Gasteiger partial charge in [-0.2, -0.15) is 0 Å². The molecule has 0 fully saturated rings. The smallest absolute Gasteiger partial charge is 0.423 e. The summed E-state index contributed by atoms with van der Waals surface area (Å²) in [7, 11) is -1.42. The highest BCUT2D eigenvalue weighted by atomic mass is 32.1. The normalized spacial score (nSPS) is 10.1. The van der Waals surface area contributed by atoms with Crippen LogP contribution < -0.4 is 5.46 Å². The maximum atomic E-state index is 8.98. The molecule has 0 aliphatic rings. The van der Waals surface area contributed by atoms with Crippen molar-refractivity contribution in [1.82, 2.24) is 4.98 Å². The number of rotatable bonds is 2. The summed E-state index contributed by atoms with van der Waals surface area (Å²) >= 11 is 1.51. The average Bonchev–Trinajstić information content (AvgIpc) is 2.71. The zero-order valence-corrected chi connectivity index (χ0v) is 8.11. The Kier molecular flexibility index (Phi) is 2.63. The second-order valence-electron chi connectivity index (χ2n) is 2.87. The Morgan fingerprint density at radius 3 is 2.79 bits per heavy atom. The van der Waals surface area contributed by atoms with E-state index in [9.17, 15) is 0 Å². The Hall–Kier alpha value is -1.17. The maximum absolute atomic E-state index is 8.98. The van der Waals surface area contributed by atoms with E-state index in [2.05, 4.69) is 4.98 Å². The highest BCUT2D eigenvalue weighted by Crippen LogP contribution is 2.17. The minimum atomic E-state index is -1.42. The van der Waals surface area contributed by atoms with Gasteiger partial charge in [-0.15, -0.1) is 11.3 Å². The van der Waals surface area contributed by atoms with Gasteiger partial charge >= 0.3 is 7.12 Å². The Balaban J connectivity index is 2.41. The Labute approximate surface area is 85.8 Å². The van der Waals surface area contributed by atoms with E-state index in [4.69, 9.17) is 10.0 Å². The second-order valence-corrected chi connectivity index (χ2v) is 3.59. The molecule has 3 nitrogen and oxygen atoms in total. The van der Waals surface area contributed by atoms with Crippen LogP contribution in [-0.2, 0) is 0 Å². The van der Waals surface area contributed by atoms with E-state index < -0.39 is 7.12 Å². The van der Waals surface area contributed by atoms with Crippen molar-refractivity contribution in [2.45, 2.75) is 0 Å². The molecule has 1 aromatic heterocycles. The van der Waals surface area contributed by atoms with Gasteiger partial charge in [-0.25, -0.2) is 4.98 Å². The first-order chi connectivity index (χ1) is 6.77. The van der Waals surface area contributed by atoms with E-state index in [0.717, 1.165) is 11.3 Å². The second kappa shape index (κ2) is 3.92. The van der Waals surface area contributed by atoms with Crippen molar-refractivity contribution >= 4 is 23.9 Å². The Bertz CT molecular complexity index is 417. The number of aromatic nitrogens is 1. The summed E-state index contributed by atoms with van der Waals surface area (Å²) in [6.45, 7) is 0. The molecule has 0 atom stereocenters. The number of hydrogen-bond acceptors (Lipinski definition) is 4. The van der Waals surface area contributed by atoms with Gasteiger partial charge in [-0.1, -0.05) is 24.3 Å². The Morgan fingerprint density at radius 1 is 1.29 bits per heavy atom. The molecule has 0 aliphatic heterocycles. The van der Waals surface area contributed by atoms with Gasteiger partial charge in [0.2, 0.25) is 0 Å². The molecule has 0 saturated carbocycles. The molecule has 1 heterocycles. The van der Waals surface area contributed by atoms with E-state index in [1.807, 2.05) is 11.4 Å². The number of nitrogens with zero attached hydrogens (tertiary/aromatic N) is 1. The molecule has 0 radical (unpaired) electrons. The minimum Gasteiger partial charge on any atom is -0.423 e. The summed E-state index contributed by atoms with van der Waals surface area (Å²) in [5.74, 6) is 0. The van der Waals surface area contributed by atoms with Crippen molar-refractivity contribution in [3.05, 3.63) is 35.2 Å². The lowest BCUT2D eigenvalue weighted by Gasteiger charge is -2.01. The molecule has 0 saturated heterocycles. The van der Waals surface area contributed by atoms with E-state index in [0.29, 0.717) is 5.46 Å². The topological polar surface area (TPSA) is 53.4 Å². The molecular weight excluding hydrogens is 197 g/mol. The third-order valence-electron chi connectivity index (χ3n) is 1.91. The predicted octanol–water partition coefficient (Wildman–Crippen LogP) is 0.490. The first-order valence-electron chi connectivity index (χ1n) is 4.12. The minimum absolute atomic E-state index is 0.482. The molecule has 5 heteroatoms. The van der Waals surface area contributed by atoms with Crippen molar-refractivity contribution in [3.8, 4) is 11.3 Å². The van der Waals surface area contributed by atoms with Crippen LogP contribution in [0.15, 0.2) is 35.2 Å². The lowest BCUT2D eigenvalue weighted by atomic mass is 9.79. The largest absolute Gasteiger partial charge is 0.488 e. The molecule has 0 bridgehead atoms.